The number of hydrogen-bond donors (Lipinski definition) is 0. The maximum atomic E-state index is 13.2. The minimum Gasteiger partial charge on any atom is -0.207 e. The van der Waals surface area contributed by atoms with Gasteiger partial charge in [0.05, 0.1) is 0 Å². The van der Waals surface area contributed by atoms with Crippen molar-refractivity contribution in [2.75, 3.05) is 5.88 Å². The SMILES string of the molecule is Fc1ccc(C2CC2CCl)c(F)c1. The predicted octanol–water partition coefficient (Wildman–Crippen LogP) is 3.31. The summed E-state index contributed by atoms with van der Waals surface area (Å²) in [4.78, 5) is 0. The van der Waals surface area contributed by atoms with Crippen molar-refractivity contribution in [2.45, 2.75) is 12.3 Å². The molecule has 1 aromatic rings. The van der Waals surface area contributed by atoms with Gasteiger partial charge in [-0.1, -0.05) is 6.07 Å². The van der Waals surface area contributed by atoms with Crippen LogP contribution in [-0.4, -0.2) is 5.88 Å². The van der Waals surface area contributed by atoms with E-state index in [1.165, 1.54) is 12.1 Å². The van der Waals surface area contributed by atoms with E-state index in [0.29, 0.717) is 17.4 Å². The van der Waals surface area contributed by atoms with E-state index in [-0.39, 0.29) is 5.92 Å². The molecule has 0 amide bonds. The van der Waals surface area contributed by atoms with Gasteiger partial charge in [-0.3, -0.25) is 0 Å². The molecule has 70 valence electrons. The molecule has 1 aliphatic rings. The Morgan fingerprint density at radius 3 is 2.69 bits per heavy atom. The Labute approximate surface area is 80.5 Å². The quantitative estimate of drug-likeness (QED) is 0.646. The van der Waals surface area contributed by atoms with Gasteiger partial charge in [0.25, 0.3) is 0 Å². The average Bonchev–Trinajstić information content (AvgIpc) is 2.83. The van der Waals surface area contributed by atoms with Crippen LogP contribution in [0, 0.1) is 17.6 Å². The first-order valence-electron chi connectivity index (χ1n) is 4.23. The fourth-order valence-corrected chi connectivity index (χ4v) is 1.94. The Balaban J connectivity index is 2.22. The van der Waals surface area contributed by atoms with Gasteiger partial charge in [0.2, 0.25) is 0 Å². The Kier molecular flexibility index (Phi) is 2.24. The van der Waals surface area contributed by atoms with Crippen molar-refractivity contribution in [3.8, 4) is 0 Å². The van der Waals surface area contributed by atoms with Crippen LogP contribution in [0.4, 0.5) is 8.78 Å². The first-order valence-corrected chi connectivity index (χ1v) is 4.76. The van der Waals surface area contributed by atoms with E-state index in [9.17, 15) is 8.78 Å². The second kappa shape index (κ2) is 3.26. The first kappa shape index (κ1) is 8.95. The molecule has 1 aromatic carbocycles. The number of halogens is 3. The zero-order valence-electron chi connectivity index (χ0n) is 6.93. The third-order valence-corrected chi connectivity index (χ3v) is 2.88. The van der Waals surface area contributed by atoms with Gasteiger partial charge in [-0.05, 0) is 29.9 Å². The molecule has 3 heteroatoms. The van der Waals surface area contributed by atoms with Crippen molar-refractivity contribution in [3.63, 3.8) is 0 Å². The molecule has 0 nitrogen and oxygen atoms in total. The summed E-state index contributed by atoms with van der Waals surface area (Å²) < 4.78 is 25.7. The monoisotopic (exact) mass is 202 g/mol. The van der Waals surface area contributed by atoms with E-state index in [4.69, 9.17) is 11.6 Å². The molecule has 1 fully saturated rings. The summed E-state index contributed by atoms with van der Waals surface area (Å²) in [7, 11) is 0. The van der Waals surface area contributed by atoms with E-state index in [0.717, 1.165) is 12.5 Å². The number of benzene rings is 1. The second-order valence-corrected chi connectivity index (χ2v) is 3.73. The molecule has 2 unspecified atom stereocenters. The third kappa shape index (κ3) is 1.68. The Morgan fingerprint density at radius 1 is 1.38 bits per heavy atom. The molecular formula is C10H9ClF2. The van der Waals surface area contributed by atoms with E-state index in [1.807, 2.05) is 0 Å². The molecule has 0 aromatic heterocycles. The van der Waals surface area contributed by atoms with Gasteiger partial charge in [0, 0.05) is 11.9 Å². The van der Waals surface area contributed by atoms with Crippen molar-refractivity contribution in [1.29, 1.82) is 0 Å². The average molecular weight is 203 g/mol. The lowest BCUT2D eigenvalue weighted by atomic mass is 10.1. The highest BCUT2D eigenvalue weighted by atomic mass is 35.5. The lowest BCUT2D eigenvalue weighted by molar-refractivity contribution is 0.571. The van der Waals surface area contributed by atoms with Gasteiger partial charge in [0.15, 0.2) is 0 Å². The zero-order valence-corrected chi connectivity index (χ0v) is 7.69. The summed E-state index contributed by atoms with van der Waals surface area (Å²) in [5, 5.41) is 0. The van der Waals surface area contributed by atoms with Crippen LogP contribution in [0.15, 0.2) is 18.2 Å². The Morgan fingerprint density at radius 2 is 2.15 bits per heavy atom. The molecule has 0 bridgehead atoms. The largest absolute Gasteiger partial charge is 0.207 e. The smallest absolute Gasteiger partial charge is 0.129 e. The van der Waals surface area contributed by atoms with E-state index >= 15 is 0 Å². The second-order valence-electron chi connectivity index (χ2n) is 3.42. The lowest BCUT2D eigenvalue weighted by Gasteiger charge is -2.00. The molecular weight excluding hydrogens is 194 g/mol. The minimum absolute atomic E-state index is 0.207. The van der Waals surface area contributed by atoms with Gasteiger partial charge in [-0.25, -0.2) is 8.78 Å². The molecule has 2 atom stereocenters. The van der Waals surface area contributed by atoms with Crippen molar-refractivity contribution < 1.29 is 8.78 Å². The van der Waals surface area contributed by atoms with Crippen LogP contribution in [0.1, 0.15) is 17.9 Å². The number of alkyl halides is 1. The molecule has 0 heterocycles. The maximum absolute atomic E-state index is 13.2. The molecule has 2 rings (SSSR count). The van der Waals surface area contributed by atoms with Gasteiger partial charge in [0.1, 0.15) is 11.6 Å². The summed E-state index contributed by atoms with van der Waals surface area (Å²) >= 11 is 5.63. The van der Waals surface area contributed by atoms with E-state index < -0.39 is 11.6 Å². The van der Waals surface area contributed by atoms with E-state index in [2.05, 4.69) is 0 Å². The highest BCUT2D eigenvalue weighted by Crippen LogP contribution is 2.48. The predicted molar refractivity (Wildman–Crippen MR) is 47.9 cm³/mol. The van der Waals surface area contributed by atoms with Crippen LogP contribution in [0.25, 0.3) is 0 Å². The van der Waals surface area contributed by atoms with Crippen LogP contribution in [0.5, 0.6) is 0 Å². The Bertz CT molecular complexity index is 325. The Hall–Kier alpha value is -0.630. The molecule has 0 saturated heterocycles. The lowest BCUT2D eigenvalue weighted by Crippen LogP contribution is -1.91. The van der Waals surface area contributed by atoms with Crippen LogP contribution in [-0.2, 0) is 0 Å². The molecule has 13 heavy (non-hydrogen) atoms. The molecule has 0 N–H and O–H groups in total. The normalized spacial score (nSPS) is 26.1. The number of rotatable bonds is 2. The molecule has 1 saturated carbocycles. The molecule has 0 spiro atoms. The van der Waals surface area contributed by atoms with Crippen molar-refractivity contribution in [1.82, 2.24) is 0 Å². The standard InChI is InChI=1S/C10H9ClF2/c11-5-6-3-9(6)8-2-1-7(12)4-10(8)13/h1-2,4,6,9H,3,5H2. The molecule has 1 aliphatic carbocycles. The van der Waals surface area contributed by atoms with Crippen LogP contribution in [0.3, 0.4) is 0 Å². The van der Waals surface area contributed by atoms with Crippen LogP contribution < -0.4 is 0 Å². The van der Waals surface area contributed by atoms with E-state index in [1.54, 1.807) is 0 Å². The van der Waals surface area contributed by atoms with Gasteiger partial charge >= 0.3 is 0 Å². The van der Waals surface area contributed by atoms with Crippen molar-refractivity contribution in [3.05, 3.63) is 35.4 Å². The minimum atomic E-state index is -0.524. The maximum Gasteiger partial charge on any atom is 0.129 e. The highest BCUT2D eigenvalue weighted by molar-refractivity contribution is 6.18. The highest BCUT2D eigenvalue weighted by Gasteiger charge is 2.38. The fraction of sp³-hybridized carbons (Fsp3) is 0.400. The van der Waals surface area contributed by atoms with Crippen LogP contribution in [0.2, 0.25) is 0 Å². The summed E-state index contributed by atoms with van der Waals surface area (Å²) in [5.74, 6) is 0.170. The summed E-state index contributed by atoms with van der Waals surface area (Å²) in [6.45, 7) is 0. The third-order valence-electron chi connectivity index (χ3n) is 2.48. The van der Waals surface area contributed by atoms with Crippen LogP contribution >= 0.6 is 11.6 Å². The molecule has 0 radical (unpaired) electrons. The summed E-state index contributed by atoms with van der Waals surface area (Å²) in [6.07, 6.45) is 0.923. The van der Waals surface area contributed by atoms with Gasteiger partial charge < -0.3 is 0 Å². The number of hydrogen-bond acceptors (Lipinski definition) is 0. The van der Waals surface area contributed by atoms with Crippen molar-refractivity contribution >= 4 is 11.6 Å². The molecule has 0 aliphatic heterocycles. The first-order chi connectivity index (χ1) is 6.22. The fourth-order valence-electron chi connectivity index (χ4n) is 1.60. The van der Waals surface area contributed by atoms with Gasteiger partial charge in [-0.15, -0.1) is 11.6 Å². The van der Waals surface area contributed by atoms with Crippen molar-refractivity contribution in [2.24, 2.45) is 5.92 Å². The summed E-state index contributed by atoms with van der Waals surface area (Å²) in [6, 6.07) is 3.74. The zero-order chi connectivity index (χ0) is 9.42. The topological polar surface area (TPSA) is 0 Å². The van der Waals surface area contributed by atoms with Gasteiger partial charge in [-0.2, -0.15) is 0 Å². The summed E-state index contributed by atoms with van der Waals surface area (Å²) in [5.41, 5.74) is 0.604.